The van der Waals surface area contributed by atoms with Crippen LogP contribution in [0.25, 0.3) is 33.8 Å². The quantitative estimate of drug-likeness (QED) is 0.417. The summed E-state index contributed by atoms with van der Waals surface area (Å²) in [5.74, 6) is 1.86. The molecule has 4 aromatic rings. The Morgan fingerprint density at radius 3 is 2.63 bits per heavy atom. The number of ether oxygens (including phenoxy) is 1. The van der Waals surface area contributed by atoms with Crippen molar-refractivity contribution in [2.45, 2.75) is 13.5 Å². The lowest BCUT2D eigenvalue weighted by molar-refractivity contribution is -0.118. The van der Waals surface area contributed by atoms with Crippen molar-refractivity contribution < 1.29 is 9.53 Å². The second-order valence-electron chi connectivity index (χ2n) is 8.30. The molecule has 11 nitrogen and oxygen atoms in total. The van der Waals surface area contributed by atoms with E-state index in [2.05, 4.69) is 26.7 Å². The summed E-state index contributed by atoms with van der Waals surface area (Å²) in [4.78, 5) is 28.8. The number of nitrogens with zero attached hydrogens (tertiary/aromatic N) is 7. The summed E-state index contributed by atoms with van der Waals surface area (Å²) in [6.07, 6.45) is 1.92. The third kappa shape index (κ3) is 4.54. The van der Waals surface area contributed by atoms with E-state index in [-0.39, 0.29) is 12.5 Å². The Balaban J connectivity index is 1.63. The number of rotatable bonds is 7. The monoisotopic (exact) mass is 475 g/mol. The highest BCUT2D eigenvalue weighted by Gasteiger charge is 2.23. The largest absolute Gasteiger partial charge is 0.378 e. The molecule has 1 saturated heterocycles. The fourth-order valence-electron chi connectivity index (χ4n) is 4.18. The number of hydrogen-bond donors (Lipinski definition) is 2. The number of aryl methyl sites for hydroxylation is 2. The molecule has 4 heterocycles. The van der Waals surface area contributed by atoms with Crippen molar-refractivity contribution in [1.82, 2.24) is 34.6 Å². The average molecular weight is 476 g/mol. The fourth-order valence-corrected chi connectivity index (χ4v) is 4.18. The molecule has 3 aromatic heterocycles. The summed E-state index contributed by atoms with van der Waals surface area (Å²) in [6.45, 7) is 5.50. The Morgan fingerprint density at radius 1 is 1.11 bits per heavy atom. The molecule has 1 fully saturated rings. The summed E-state index contributed by atoms with van der Waals surface area (Å²) in [5.41, 5.74) is 4.22. The second kappa shape index (κ2) is 9.71. The van der Waals surface area contributed by atoms with Crippen molar-refractivity contribution in [2.24, 2.45) is 7.05 Å². The van der Waals surface area contributed by atoms with Crippen LogP contribution in [-0.4, -0.2) is 75.1 Å². The number of morpholine rings is 1. The van der Waals surface area contributed by atoms with Gasteiger partial charge in [-0.3, -0.25) is 14.0 Å². The molecule has 0 unspecified atom stereocenters. The number of carbonyl (C=O) groups excluding carboxylic acids is 1. The van der Waals surface area contributed by atoms with Crippen LogP contribution < -0.4 is 15.5 Å². The molecule has 0 saturated carbocycles. The number of nitrogens with one attached hydrogen (secondary N) is 2. The van der Waals surface area contributed by atoms with Crippen molar-refractivity contribution in [1.29, 1.82) is 0 Å². The van der Waals surface area contributed by atoms with Gasteiger partial charge in [-0.15, -0.1) is 0 Å². The van der Waals surface area contributed by atoms with E-state index in [0.29, 0.717) is 37.0 Å². The molecule has 0 bridgehead atoms. The summed E-state index contributed by atoms with van der Waals surface area (Å²) in [6, 6.07) is 10.1. The number of hydrogen-bond acceptors (Lipinski definition) is 8. The van der Waals surface area contributed by atoms with Crippen LogP contribution in [0, 0.1) is 0 Å². The van der Waals surface area contributed by atoms with Crippen molar-refractivity contribution >= 4 is 28.8 Å². The Labute approximate surface area is 203 Å². The molecule has 0 aliphatic carbocycles. The van der Waals surface area contributed by atoms with E-state index in [1.165, 1.54) is 0 Å². The van der Waals surface area contributed by atoms with Gasteiger partial charge in [0.2, 0.25) is 11.9 Å². The molecule has 0 spiro atoms. The van der Waals surface area contributed by atoms with Crippen LogP contribution in [0.15, 0.2) is 36.5 Å². The van der Waals surface area contributed by atoms with Gasteiger partial charge < -0.3 is 20.3 Å². The van der Waals surface area contributed by atoms with Crippen LogP contribution in [0.3, 0.4) is 0 Å². The first kappa shape index (κ1) is 22.8. The van der Waals surface area contributed by atoms with Crippen molar-refractivity contribution in [3.63, 3.8) is 0 Å². The first-order chi connectivity index (χ1) is 17.1. The van der Waals surface area contributed by atoms with Crippen molar-refractivity contribution in [3.05, 3.63) is 36.5 Å². The molecule has 35 heavy (non-hydrogen) atoms. The van der Waals surface area contributed by atoms with Crippen LogP contribution >= 0.6 is 0 Å². The summed E-state index contributed by atoms with van der Waals surface area (Å²) in [7, 11) is 3.51. The Kier molecular flexibility index (Phi) is 6.32. The maximum atomic E-state index is 11.8. The fraction of sp³-hybridized carbons (Fsp3) is 0.375. The van der Waals surface area contributed by atoms with E-state index >= 15 is 0 Å². The van der Waals surface area contributed by atoms with Crippen LogP contribution in [0.1, 0.15) is 6.92 Å². The third-order valence-corrected chi connectivity index (χ3v) is 6.02. The van der Waals surface area contributed by atoms with Gasteiger partial charge in [-0.2, -0.15) is 5.10 Å². The van der Waals surface area contributed by atoms with Crippen LogP contribution in [0.2, 0.25) is 0 Å². The zero-order chi connectivity index (χ0) is 24.4. The topological polar surface area (TPSA) is 115 Å². The maximum absolute atomic E-state index is 11.8. The van der Waals surface area contributed by atoms with Gasteiger partial charge in [-0.25, -0.2) is 15.0 Å². The predicted molar refractivity (Wildman–Crippen MR) is 134 cm³/mol. The highest BCUT2D eigenvalue weighted by molar-refractivity contribution is 5.89. The molecule has 0 atom stereocenters. The number of benzene rings is 1. The normalized spacial score (nSPS) is 13.9. The highest BCUT2D eigenvalue weighted by atomic mass is 16.5. The standard InChI is InChI=1S/C24H29N9O2/c1-4-33-23-20(27-24(33)26-15-19(34)25-2)22(32-10-12-35-13-11-32)28-21(29-23)17-7-5-6-16(14-17)18-8-9-31(3)30-18/h5-9,14H,4,10-13,15H2,1-3H3,(H,25,34)(H,26,27). The van der Waals surface area contributed by atoms with E-state index in [4.69, 9.17) is 19.7 Å². The van der Waals surface area contributed by atoms with E-state index in [9.17, 15) is 4.79 Å². The minimum atomic E-state index is -0.119. The lowest BCUT2D eigenvalue weighted by Gasteiger charge is -2.28. The number of imidazole rings is 1. The van der Waals surface area contributed by atoms with E-state index in [1.807, 2.05) is 49.0 Å². The minimum Gasteiger partial charge on any atom is -0.378 e. The first-order valence-corrected chi connectivity index (χ1v) is 11.7. The van der Waals surface area contributed by atoms with E-state index in [0.717, 1.165) is 41.4 Å². The second-order valence-corrected chi connectivity index (χ2v) is 8.30. The molecule has 2 N–H and O–H groups in total. The highest BCUT2D eigenvalue weighted by Crippen LogP contribution is 2.31. The smallest absolute Gasteiger partial charge is 0.239 e. The van der Waals surface area contributed by atoms with E-state index < -0.39 is 0 Å². The van der Waals surface area contributed by atoms with Gasteiger partial charge in [0.05, 0.1) is 25.5 Å². The number of fused-ring (bicyclic) bond motifs is 1. The van der Waals surface area contributed by atoms with Gasteiger partial charge in [0, 0.05) is 51.1 Å². The molecular formula is C24H29N9O2. The number of likely N-dealkylation sites (N-methyl/N-ethyl adjacent to an activating group) is 1. The van der Waals surface area contributed by atoms with Gasteiger partial charge in [0.25, 0.3) is 0 Å². The lowest BCUT2D eigenvalue weighted by Crippen LogP contribution is -2.37. The number of anilines is 2. The number of amides is 1. The van der Waals surface area contributed by atoms with E-state index in [1.54, 1.807) is 11.7 Å². The zero-order valence-corrected chi connectivity index (χ0v) is 20.2. The molecule has 1 amide bonds. The minimum absolute atomic E-state index is 0.119. The number of aromatic nitrogens is 6. The molecule has 1 aliphatic rings. The van der Waals surface area contributed by atoms with Gasteiger partial charge in [-0.1, -0.05) is 18.2 Å². The lowest BCUT2D eigenvalue weighted by atomic mass is 10.1. The van der Waals surface area contributed by atoms with Crippen molar-refractivity contribution in [3.8, 4) is 22.6 Å². The molecule has 11 heteroatoms. The maximum Gasteiger partial charge on any atom is 0.239 e. The summed E-state index contributed by atoms with van der Waals surface area (Å²) in [5, 5.41) is 10.3. The Bertz CT molecular complexity index is 1350. The molecule has 182 valence electrons. The first-order valence-electron chi connectivity index (χ1n) is 11.7. The Morgan fingerprint density at radius 2 is 1.91 bits per heavy atom. The summed E-state index contributed by atoms with van der Waals surface area (Å²) < 4.78 is 9.33. The SMILES string of the molecule is CCn1c(NCC(=O)NC)nc2c(N3CCOCC3)nc(-c3cccc(-c4ccn(C)n4)c3)nc21. The molecule has 1 aliphatic heterocycles. The van der Waals surface area contributed by atoms with Crippen LogP contribution in [0.5, 0.6) is 0 Å². The van der Waals surface area contributed by atoms with Crippen LogP contribution in [-0.2, 0) is 23.1 Å². The van der Waals surface area contributed by atoms with Gasteiger partial charge in [-0.05, 0) is 19.1 Å². The average Bonchev–Trinajstić information content (AvgIpc) is 3.50. The van der Waals surface area contributed by atoms with Crippen molar-refractivity contribution in [2.75, 3.05) is 50.1 Å². The molecular weight excluding hydrogens is 446 g/mol. The molecule has 1 aromatic carbocycles. The summed E-state index contributed by atoms with van der Waals surface area (Å²) >= 11 is 0. The van der Waals surface area contributed by atoms with Gasteiger partial charge in [0.15, 0.2) is 22.8 Å². The third-order valence-electron chi connectivity index (χ3n) is 6.02. The van der Waals surface area contributed by atoms with Crippen LogP contribution in [0.4, 0.5) is 11.8 Å². The molecule has 0 radical (unpaired) electrons. The molecule has 5 rings (SSSR count). The Hall–Kier alpha value is -3.99. The predicted octanol–water partition coefficient (Wildman–Crippen LogP) is 1.91. The zero-order valence-electron chi connectivity index (χ0n) is 20.2. The number of carbonyl (C=O) groups is 1. The van der Waals surface area contributed by atoms with Gasteiger partial charge >= 0.3 is 0 Å². The van der Waals surface area contributed by atoms with Gasteiger partial charge in [0.1, 0.15) is 0 Å².